The first kappa shape index (κ1) is 11.1. The fourth-order valence-corrected chi connectivity index (χ4v) is 1.85. The van der Waals surface area contributed by atoms with Crippen molar-refractivity contribution in [3.63, 3.8) is 0 Å². The Labute approximate surface area is 102 Å². The highest BCUT2D eigenvalue weighted by Gasteiger charge is 2.09. The van der Waals surface area contributed by atoms with Crippen LogP contribution in [0.15, 0.2) is 22.7 Å². The molecule has 1 aromatic carbocycles. The average molecular weight is 281 g/mol. The monoisotopic (exact) mass is 280 g/mol. The Bertz CT molecular complexity index is 492. The van der Waals surface area contributed by atoms with Gasteiger partial charge in [-0.2, -0.15) is 5.10 Å². The number of rotatable bonds is 3. The Balaban J connectivity index is 2.38. The number of benzene rings is 1. The molecule has 0 fully saturated rings. The van der Waals surface area contributed by atoms with E-state index in [0.29, 0.717) is 11.5 Å². The number of nitrogens with zero attached hydrogens (tertiary/aromatic N) is 2. The summed E-state index contributed by atoms with van der Waals surface area (Å²) in [6, 6.07) is 5.67. The smallest absolute Gasteiger partial charge is 0.183 e. The lowest BCUT2D eigenvalue weighted by molar-refractivity contribution is 0.841. The first-order valence-electron chi connectivity index (χ1n) is 5.17. The van der Waals surface area contributed by atoms with Crippen molar-refractivity contribution in [2.24, 2.45) is 0 Å². The molecule has 16 heavy (non-hydrogen) atoms. The molecule has 1 heterocycles. The molecular formula is C11H13BrN4. The summed E-state index contributed by atoms with van der Waals surface area (Å²) in [6.07, 6.45) is 1.95. The molecule has 0 radical (unpaired) electrons. The minimum absolute atomic E-state index is 0.655. The third kappa shape index (κ3) is 2.24. The Kier molecular flexibility index (Phi) is 3.24. The molecule has 0 saturated carbocycles. The number of nitrogens with one attached hydrogen (secondary N) is 1. The molecule has 3 N–H and O–H groups in total. The van der Waals surface area contributed by atoms with Crippen LogP contribution in [0.25, 0.3) is 11.4 Å². The predicted molar refractivity (Wildman–Crippen MR) is 67.9 cm³/mol. The largest absolute Gasteiger partial charge is 0.398 e. The van der Waals surface area contributed by atoms with Crippen LogP contribution in [0.4, 0.5) is 5.69 Å². The molecule has 0 aliphatic rings. The van der Waals surface area contributed by atoms with E-state index in [1.807, 2.05) is 18.2 Å². The lowest BCUT2D eigenvalue weighted by atomic mass is 10.2. The summed E-state index contributed by atoms with van der Waals surface area (Å²) in [5, 5.41) is 7.09. The topological polar surface area (TPSA) is 67.6 Å². The Hall–Kier alpha value is -1.36. The molecule has 0 unspecified atom stereocenters. The number of H-pyrrole nitrogens is 1. The van der Waals surface area contributed by atoms with E-state index in [2.05, 4.69) is 38.0 Å². The van der Waals surface area contributed by atoms with Gasteiger partial charge in [0.25, 0.3) is 0 Å². The predicted octanol–water partition coefficient (Wildman–Crippen LogP) is 2.77. The maximum absolute atomic E-state index is 5.89. The molecule has 0 atom stereocenters. The van der Waals surface area contributed by atoms with Crippen molar-refractivity contribution in [2.45, 2.75) is 19.8 Å². The van der Waals surface area contributed by atoms with E-state index in [0.717, 1.165) is 28.7 Å². The van der Waals surface area contributed by atoms with Gasteiger partial charge in [0.15, 0.2) is 5.82 Å². The zero-order valence-corrected chi connectivity index (χ0v) is 10.6. The standard InChI is InChI=1S/C11H13BrN4/c1-2-3-10-14-11(16-15-10)8-6-7(12)4-5-9(8)13/h4-6H,2-3,13H2,1H3,(H,14,15,16). The van der Waals surface area contributed by atoms with Gasteiger partial charge in [0, 0.05) is 22.1 Å². The van der Waals surface area contributed by atoms with Gasteiger partial charge in [-0.3, -0.25) is 5.10 Å². The van der Waals surface area contributed by atoms with Crippen molar-refractivity contribution >= 4 is 21.6 Å². The Morgan fingerprint density at radius 3 is 3.00 bits per heavy atom. The molecule has 5 heteroatoms. The summed E-state index contributed by atoms with van der Waals surface area (Å²) < 4.78 is 0.971. The normalized spacial score (nSPS) is 10.6. The van der Waals surface area contributed by atoms with Gasteiger partial charge in [0.2, 0.25) is 0 Å². The molecule has 4 nitrogen and oxygen atoms in total. The molecule has 0 amide bonds. The number of aromatic nitrogens is 3. The maximum Gasteiger partial charge on any atom is 0.183 e. The van der Waals surface area contributed by atoms with Crippen LogP contribution in [0, 0.1) is 0 Å². The molecule has 2 rings (SSSR count). The van der Waals surface area contributed by atoms with Crippen molar-refractivity contribution in [3.8, 4) is 11.4 Å². The van der Waals surface area contributed by atoms with Crippen molar-refractivity contribution in [3.05, 3.63) is 28.5 Å². The summed E-state index contributed by atoms with van der Waals surface area (Å²) in [4.78, 5) is 4.40. The van der Waals surface area contributed by atoms with Crippen molar-refractivity contribution < 1.29 is 0 Å². The van der Waals surface area contributed by atoms with Crippen molar-refractivity contribution in [1.82, 2.24) is 15.2 Å². The van der Waals surface area contributed by atoms with E-state index in [9.17, 15) is 0 Å². The summed E-state index contributed by atoms with van der Waals surface area (Å²) >= 11 is 3.41. The van der Waals surface area contributed by atoms with Crippen LogP contribution < -0.4 is 5.73 Å². The zero-order chi connectivity index (χ0) is 11.5. The van der Waals surface area contributed by atoms with Gasteiger partial charge in [-0.1, -0.05) is 22.9 Å². The number of aryl methyl sites for hydroxylation is 1. The number of hydrogen-bond acceptors (Lipinski definition) is 3. The van der Waals surface area contributed by atoms with Crippen LogP contribution in [0.2, 0.25) is 0 Å². The van der Waals surface area contributed by atoms with Gasteiger partial charge < -0.3 is 5.73 Å². The number of nitrogens with two attached hydrogens (primary N) is 1. The highest BCUT2D eigenvalue weighted by atomic mass is 79.9. The van der Waals surface area contributed by atoms with Crippen molar-refractivity contribution in [2.75, 3.05) is 5.73 Å². The fourth-order valence-electron chi connectivity index (χ4n) is 1.49. The highest BCUT2D eigenvalue weighted by molar-refractivity contribution is 9.10. The minimum Gasteiger partial charge on any atom is -0.398 e. The van der Waals surface area contributed by atoms with E-state index in [1.54, 1.807) is 0 Å². The number of aromatic amines is 1. The second kappa shape index (κ2) is 4.65. The van der Waals surface area contributed by atoms with E-state index < -0.39 is 0 Å². The number of anilines is 1. The van der Waals surface area contributed by atoms with Gasteiger partial charge in [-0.15, -0.1) is 0 Å². The molecule has 0 spiro atoms. The Morgan fingerprint density at radius 2 is 2.25 bits per heavy atom. The summed E-state index contributed by atoms with van der Waals surface area (Å²) in [6.45, 7) is 2.11. The lowest BCUT2D eigenvalue weighted by Crippen LogP contribution is -1.91. The van der Waals surface area contributed by atoms with Crippen LogP contribution in [-0.4, -0.2) is 15.2 Å². The Morgan fingerprint density at radius 1 is 1.44 bits per heavy atom. The number of nitrogen functional groups attached to an aromatic ring is 1. The van der Waals surface area contributed by atoms with Crippen LogP contribution in [-0.2, 0) is 6.42 Å². The van der Waals surface area contributed by atoms with E-state index in [-0.39, 0.29) is 0 Å². The van der Waals surface area contributed by atoms with Gasteiger partial charge in [-0.05, 0) is 24.6 Å². The van der Waals surface area contributed by atoms with E-state index >= 15 is 0 Å². The SMILES string of the molecule is CCCc1nc(-c2cc(Br)ccc2N)n[nH]1. The second-order valence-electron chi connectivity index (χ2n) is 3.59. The van der Waals surface area contributed by atoms with Crippen LogP contribution >= 0.6 is 15.9 Å². The minimum atomic E-state index is 0.655. The molecule has 0 aliphatic carbocycles. The molecule has 0 bridgehead atoms. The van der Waals surface area contributed by atoms with Crippen LogP contribution in [0.1, 0.15) is 19.2 Å². The number of halogens is 1. The summed E-state index contributed by atoms with van der Waals surface area (Å²) in [5.41, 5.74) is 7.43. The van der Waals surface area contributed by atoms with Gasteiger partial charge >= 0.3 is 0 Å². The maximum atomic E-state index is 5.89. The van der Waals surface area contributed by atoms with E-state index in [1.165, 1.54) is 0 Å². The summed E-state index contributed by atoms with van der Waals surface area (Å²) in [5.74, 6) is 1.55. The third-order valence-corrected chi connectivity index (χ3v) is 2.77. The van der Waals surface area contributed by atoms with Gasteiger partial charge in [-0.25, -0.2) is 4.98 Å². The third-order valence-electron chi connectivity index (χ3n) is 2.27. The van der Waals surface area contributed by atoms with Crippen LogP contribution in [0.3, 0.4) is 0 Å². The molecule has 84 valence electrons. The highest BCUT2D eigenvalue weighted by Crippen LogP contribution is 2.26. The molecule has 1 aromatic heterocycles. The zero-order valence-electron chi connectivity index (χ0n) is 9.00. The molecular weight excluding hydrogens is 268 g/mol. The first-order valence-corrected chi connectivity index (χ1v) is 5.96. The second-order valence-corrected chi connectivity index (χ2v) is 4.50. The van der Waals surface area contributed by atoms with Gasteiger partial charge in [0.05, 0.1) is 0 Å². The van der Waals surface area contributed by atoms with Crippen LogP contribution in [0.5, 0.6) is 0 Å². The fraction of sp³-hybridized carbons (Fsp3) is 0.273. The molecule has 0 aliphatic heterocycles. The van der Waals surface area contributed by atoms with Gasteiger partial charge in [0.1, 0.15) is 5.82 Å². The molecule has 2 aromatic rings. The first-order chi connectivity index (χ1) is 7.70. The lowest BCUT2D eigenvalue weighted by Gasteiger charge is -2.01. The molecule has 0 saturated heterocycles. The van der Waals surface area contributed by atoms with E-state index in [4.69, 9.17) is 5.73 Å². The average Bonchev–Trinajstić information content (AvgIpc) is 2.71. The summed E-state index contributed by atoms with van der Waals surface area (Å²) in [7, 11) is 0. The quantitative estimate of drug-likeness (QED) is 0.850. The number of hydrogen-bond donors (Lipinski definition) is 2. The van der Waals surface area contributed by atoms with Crippen molar-refractivity contribution in [1.29, 1.82) is 0 Å².